The molecule has 0 atom stereocenters. The van der Waals surface area contributed by atoms with Crippen LogP contribution in [0.2, 0.25) is 0 Å². The lowest BCUT2D eigenvalue weighted by molar-refractivity contribution is 0.264. The zero-order chi connectivity index (χ0) is 11.8. The van der Waals surface area contributed by atoms with Gasteiger partial charge in [0.1, 0.15) is 0 Å². The van der Waals surface area contributed by atoms with Crippen molar-refractivity contribution in [1.82, 2.24) is 14.5 Å². The van der Waals surface area contributed by atoms with Crippen LogP contribution >= 0.6 is 0 Å². The first kappa shape index (κ1) is 13.2. The predicted octanol–water partition coefficient (Wildman–Crippen LogP) is 1.46. The maximum absolute atomic E-state index is 5.51. The van der Waals surface area contributed by atoms with Crippen molar-refractivity contribution in [3.8, 4) is 0 Å². The smallest absolute Gasteiger partial charge is 0.0950 e. The minimum Gasteiger partial charge on any atom is -0.336 e. The highest BCUT2D eigenvalue weighted by Gasteiger charge is 2.06. The molecule has 4 heteroatoms. The van der Waals surface area contributed by atoms with E-state index in [0.717, 1.165) is 31.9 Å². The van der Waals surface area contributed by atoms with Crippen LogP contribution in [0.1, 0.15) is 32.4 Å². The number of imidazole rings is 1. The Kier molecular flexibility index (Phi) is 6.11. The van der Waals surface area contributed by atoms with Gasteiger partial charge in [0, 0.05) is 25.8 Å². The number of hydrogen-bond donors (Lipinski definition) is 1. The van der Waals surface area contributed by atoms with Crippen LogP contribution in [-0.4, -0.2) is 34.1 Å². The summed E-state index contributed by atoms with van der Waals surface area (Å²) in [6.45, 7) is 9.22. The first-order valence-corrected chi connectivity index (χ1v) is 6.23. The standard InChI is InChI=1S/C12H24N4/c1-3-6-15(7-4-2)9-12-10-16(8-5-13)11-14-12/h10-11H,3-9,13H2,1-2H3. The van der Waals surface area contributed by atoms with Crippen molar-refractivity contribution < 1.29 is 0 Å². The van der Waals surface area contributed by atoms with Crippen molar-refractivity contribution in [3.63, 3.8) is 0 Å². The minimum absolute atomic E-state index is 0.670. The molecule has 1 aromatic rings. The van der Waals surface area contributed by atoms with Gasteiger partial charge in [0.15, 0.2) is 0 Å². The predicted molar refractivity (Wildman–Crippen MR) is 67.1 cm³/mol. The molecular weight excluding hydrogens is 200 g/mol. The van der Waals surface area contributed by atoms with Crippen molar-refractivity contribution in [2.75, 3.05) is 19.6 Å². The Morgan fingerprint density at radius 1 is 1.31 bits per heavy atom. The molecule has 0 unspecified atom stereocenters. The van der Waals surface area contributed by atoms with Crippen LogP contribution in [-0.2, 0) is 13.1 Å². The molecule has 0 aliphatic rings. The molecule has 0 fully saturated rings. The van der Waals surface area contributed by atoms with Crippen LogP contribution < -0.4 is 5.73 Å². The van der Waals surface area contributed by atoms with Gasteiger partial charge in [0.05, 0.1) is 12.0 Å². The summed E-state index contributed by atoms with van der Waals surface area (Å²) in [6.07, 6.45) is 6.37. The van der Waals surface area contributed by atoms with E-state index in [9.17, 15) is 0 Å². The molecule has 0 aromatic carbocycles. The van der Waals surface area contributed by atoms with Gasteiger partial charge in [-0.05, 0) is 25.9 Å². The van der Waals surface area contributed by atoms with E-state index in [0.29, 0.717) is 6.54 Å². The summed E-state index contributed by atoms with van der Waals surface area (Å²) in [6, 6.07) is 0. The van der Waals surface area contributed by atoms with Gasteiger partial charge in [0.2, 0.25) is 0 Å². The summed E-state index contributed by atoms with van der Waals surface area (Å²) in [7, 11) is 0. The number of nitrogens with two attached hydrogens (primary N) is 1. The Hall–Kier alpha value is -0.870. The largest absolute Gasteiger partial charge is 0.336 e. The van der Waals surface area contributed by atoms with Crippen molar-refractivity contribution in [2.45, 2.75) is 39.8 Å². The average molecular weight is 224 g/mol. The Morgan fingerprint density at radius 2 is 2.00 bits per heavy atom. The molecule has 0 saturated carbocycles. The average Bonchev–Trinajstić information content (AvgIpc) is 2.67. The van der Waals surface area contributed by atoms with Gasteiger partial charge in [-0.15, -0.1) is 0 Å². The maximum atomic E-state index is 5.51. The molecule has 0 aliphatic carbocycles. The highest BCUT2D eigenvalue weighted by atomic mass is 15.1. The summed E-state index contributed by atoms with van der Waals surface area (Å²) in [5, 5.41) is 0. The van der Waals surface area contributed by atoms with Gasteiger partial charge in [-0.1, -0.05) is 13.8 Å². The van der Waals surface area contributed by atoms with E-state index in [1.807, 2.05) is 6.33 Å². The summed E-state index contributed by atoms with van der Waals surface area (Å²) in [5.41, 5.74) is 6.66. The van der Waals surface area contributed by atoms with Crippen molar-refractivity contribution >= 4 is 0 Å². The quantitative estimate of drug-likeness (QED) is 0.727. The van der Waals surface area contributed by atoms with Crippen molar-refractivity contribution in [2.24, 2.45) is 5.73 Å². The third-order valence-corrected chi connectivity index (χ3v) is 2.54. The molecular formula is C12H24N4. The Balaban J connectivity index is 2.48. The second-order valence-electron chi connectivity index (χ2n) is 4.17. The van der Waals surface area contributed by atoms with E-state index in [2.05, 4.69) is 34.5 Å². The third-order valence-electron chi connectivity index (χ3n) is 2.54. The second-order valence-corrected chi connectivity index (χ2v) is 4.17. The molecule has 92 valence electrons. The molecule has 1 rings (SSSR count). The fourth-order valence-corrected chi connectivity index (χ4v) is 1.89. The zero-order valence-electron chi connectivity index (χ0n) is 10.5. The SMILES string of the molecule is CCCN(CCC)Cc1cn(CCN)cn1. The van der Waals surface area contributed by atoms with Crippen molar-refractivity contribution in [1.29, 1.82) is 0 Å². The summed E-state index contributed by atoms with van der Waals surface area (Å²) < 4.78 is 2.06. The Labute approximate surface area is 98.5 Å². The highest BCUT2D eigenvalue weighted by molar-refractivity contribution is 4.96. The lowest BCUT2D eigenvalue weighted by Gasteiger charge is -2.19. The summed E-state index contributed by atoms with van der Waals surface area (Å²) in [5.74, 6) is 0. The molecule has 16 heavy (non-hydrogen) atoms. The molecule has 4 nitrogen and oxygen atoms in total. The molecule has 0 amide bonds. The van der Waals surface area contributed by atoms with Crippen LogP contribution in [0.4, 0.5) is 0 Å². The summed E-state index contributed by atoms with van der Waals surface area (Å²) >= 11 is 0. The van der Waals surface area contributed by atoms with E-state index in [4.69, 9.17) is 5.73 Å². The number of rotatable bonds is 8. The van der Waals surface area contributed by atoms with Gasteiger partial charge < -0.3 is 10.3 Å². The van der Waals surface area contributed by atoms with Crippen molar-refractivity contribution in [3.05, 3.63) is 18.2 Å². The normalized spacial score (nSPS) is 11.2. The van der Waals surface area contributed by atoms with Gasteiger partial charge >= 0.3 is 0 Å². The molecule has 0 aliphatic heterocycles. The van der Waals surface area contributed by atoms with Gasteiger partial charge in [-0.2, -0.15) is 0 Å². The van der Waals surface area contributed by atoms with Gasteiger partial charge in [-0.25, -0.2) is 4.98 Å². The monoisotopic (exact) mass is 224 g/mol. The van der Waals surface area contributed by atoms with E-state index < -0.39 is 0 Å². The first-order chi connectivity index (χ1) is 7.80. The number of hydrogen-bond acceptors (Lipinski definition) is 3. The molecule has 0 saturated heterocycles. The molecule has 1 heterocycles. The molecule has 2 N–H and O–H groups in total. The van der Waals surface area contributed by atoms with Gasteiger partial charge in [0.25, 0.3) is 0 Å². The van der Waals surface area contributed by atoms with Crippen LogP contribution in [0.15, 0.2) is 12.5 Å². The molecule has 0 spiro atoms. The third kappa shape index (κ3) is 4.33. The number of nitrogens with zero attached hydrogens (tertiary/aromatic N) is 3. The van der Waals surface area contributed by atoms with E-state index in [1.54, 1.807) is 0 Å². The number of aromatic nitrogens is 2. The van der Waals surface area contributed by atoms with Gasteiger partial charge in [-0.3, -0.25) is 4.90 Å². The van der Waals surface area contributed by atoms with E-state index in [1.165, 1.54) is 12.8 Å². The minimum atomic E-state index is 0.670. The lowest BCUT2D eigenvalue weighted by atomic mass is 10.3. The molecule has 0 radical (unpaired) electrons. The lowest BCUT2D eigenvalue weighted by Crippen LogP contribution is -2.25. The molecule has 1 aromatic heterocycles. The van der Waals surface area contributed by atoms with E-state index in [-0.39, 0.29) is 0 Å². The maximum Gasteiger partial charge on any atom is 0.0950 e. The van der Waals surface area contributed by atoms with E-state index >= 15 is 0 Å². The zero-order valence-corrected chi connectivity index (χ0v) is 10.5. The van der Waals surface area contributed by atoms with Crippen LogP contribution in [0, 0.1) is 0 Å². The van der Waals surface area contributed by atoms with Crippen LogP contribution in [0.5, 0.6) is 0 Å². The first-order valence-electron chi connectivity index (χ1n) is 6.23. The molecule has 0 bridgehead atoms. The second kappa shape index (κ2) is 7.41. The Bertz CT molecular complexity index is 276. The fraction of sp³-hybridized carbons (Fsp3) is 0.750. The van der Waals surface area contributed by atoms with Crippen LogP contribution in [0.25, 0.3) is 0 Å². The fourth-order valence-electron chi connectivity index (χ4n) is 1.89. The summed E-state index contributed by atoms with van der Waals surface area (Å²) in [4.78, 5) is 6.86. The Morgan fingerprint density at radius 3 is 2.56 bits per heavy atom. The van der Waals surface area contributed by atoms with Crippen LogP contribution in [0.3, 0.4) is 0 Å². The topological polar surface area (TPSA) is 47.1 Å². The highest BCUT2D eigenvalue weighted by Crippen LogP contribution is 2.04.